The predicted octanol–water partition coefficient (Wildman–Crippen LogP) is 13.8. The summed E-state index contributed by atoms with van der Waals surface area (Å²) in [6, 6.07) is 31.0. The average Bonchev–Trinajstić information content (AvgIpc) is 3.99. The van der Waals surface area contributed by atoms with E-state index >= 15 is 0 Å². The van der Waals surface area contributed by atoms with Crippen molar-refractivity contribution in [3.05, 3.63) is 171 Å². The van der Waals surface area contributed by atoms with Gasteiger partial charge in [0.25, 0.3) is 0 Å². The van der Waals surface area contributed by atoms with Gasteiger partial charge in [0.15, 0.2) is 5.60 Å². The number of halogens is 4. The standard InChI is InChI=1S/C48H44Br4N2O2/c1-29-9-11-35(25-31(29)3)39(33-13-17-37(18-14-33)53-21-5-6-22-53)27-48(42-41(47(55)56-48)43(49)45(51)46(52)44(42)50)28-40(36-12-10-30(2)32(4)26-36)34-15-19-38(20-16-34)54-23-7-8-24-54/h9-20,25-28H,5-8,21-24H2,1-4H3. The van der Waals surface area contributed by atoms with Crippen LogP contribution in [-0.2, 0) is 10.3 Å². The van der Waals surface area contributed by atoms with E-state index in [1.807, 2.05) is 0 Å². The number of fused-ring (bicyclic) bond motifs is 1. The fourth-order valence-corrected chi connectivity index (χ4v) is 10.8. The van der Waals surface area contributed by atoms with Crippen LogP contribution in [0.3, 0.4) is 0 Å². The van der Waals surface area contributed by atoms with Crippen molar-refractivity contribution in [2.75, 3.05) is 36.0 Å². The Hall–Kier alpha value is -3.43. The number of rotatable bonds is 8. The zero-order chi connectivity index (χ0) is 39.3. The van der Waals surface area contributed by atoms with Crippen LogP contribution in [0, 0.1) is 27.7 Å². The molecule has 0 atom stereocenters. The number of ether oxygens (including phenoxy) is 1. The Morgan fingerprint density at radius 2 is 0.929 bits per heavy atom. The third-order valence-electron chi connectivity index (χ3n) is 11.8. The molecule has 8 heteroatoms. The predicted molar refractivity (Wildman–Crippen MR) is 246 cm³/mol. The van der Waals surface area contributed by atoms with Crippen LogP contribution < -0.4 is 9.80 Å². The van der Waals surface area contributed by atoms with E-state index in [4.69, 9.17) is 4.74 Å². The molecule has 0 radical (unpaired) electrons. The molecule has 5 aromatic carbocycles. The fourth-order valence-electron chi connectivity index (χ4n) is 8.26. The van der Waals surface area contributed by atoms with Crippen LogP contribution in [-0.4, -0.2) is 32.1 Å². The topological polar surface area (TPSA) is 32.8 Å². The Kier molecular flexibility index (Phi) is 11.3. The summed E-state index contributed by atoms with van der Waals surface area (Å²) in [5.74, 6) is -0.402. The monoisotopic (exact) mass is 996 g/mol. The van der Waals surface area contributed by atoms with E-state index in [0.29, 0.717) is 10.0 Å². The van der Waals surface area contributed by atoms with Crippen LogP contribution >= 0.6 is 63.7 Å². The first kappa shape index (κ1) is 39.4. The van der Waals surface area contributed by atoms with Crippen molar-refractivity contribution in [1.29, 1.82) is 0 Å². The van der Waals surface area contributed by atoms with Crippen molar-refractivity contribution < 1.29 is 9.53 Å². The third kappa shape index (κ3) is 7.40. The van der Waals surface area contributed by atoms with E-state index in [9.17, 15) is 4.79 Å². The SMILES string of the molecule is Cc1ccc(C(=CC2(C=C(c3ccc(N4CCCC4)cc3)c3ccc(C)c(C)c3)OC(=O)c3c(Br)c(Br)c(Br)c(Br)c32)c2ccc(N3CCCC3)cc2)cc1C. The second-order valence-corrected chi connectivity index (χ2v) is 18.6. The summed E-state index contributed by atoms with van der Waals surface area (Å²) in [7, 11) is 0. The summed E-state index contributed by atoms with van der Waals surface area (Å²) < 4.78 is 9.76. The molecule has 0 saturated carbocycles. The zero-order valence-electron chi connectivity index (χ0n) is 32.1. The summed E-state index contributed by atoms with van der Waals surface area (Å²) in [5.41, 5.74) is 13.3. The number of carbonyl (C=O) groups excluding carboxylic acids is 1. The number of benzene rings is 5. The number of hydrogen-bond acceptors (Lipinski definition) is 4. The molecule has 5 aromatic rings. The van der Waals surface area contributed by atoms with Crippen molar-refractivity contribution in [3.8, 4) is 0 Å². The number of nitrogens with zero attached hydrogens (tertiary/aromatic N) is 2. The van der Waals surface area contributed by atoms with E-state index in [1.165, 1.54) is 59.3 Å². The molecule has 2 fully saturated rings. The van der Waals surface area contributed by atoms with Crippen LogP contribution in [0.4, 0.5) is 11.4 Å². The molecule has 0 amide bonds. The van der Waals surface area contributed by atoms with Gasteiger partial charge in [-0.1, -0.05) is 60.7 Å². The largest absolute Gasteiger partial charge is 0.442 e. The Balaban J connectivity index is 1.43. The van der Waals surface area contributed by atoms with Gasteiger partial charge in [0.05, 0.1) is 5.56 Å². The highest BCUT2D eigenvalue weighted by Gasteiger charge is 2.48. The molecule has 3 aliphatic heterocycles. The van der Waals surface area contributed by atoms with Gasteiger partial charge in [-0.05, 0) is 209 Å². The van der Waals surface area contributed by atoms with Crippen LogP contribution in [0.5, 0.6) is 0 Å². The van der Waals surface area contributed by atoms with Gasteiger partial charge < -0.3 is 14.5 Å². The van der Waals surface area contributed by atoms with Crippen LogP contribution in [0.15, 0.2) is 115 Å². The molecule has 0 N–H and O–H groups in total. The normalized spacial score (nSPS) is 18.5. The van der Waals surface area contributed by atoms with Crippen LogP contribution in [0.1, 0.15) is 86.1 Å². The van der Waals surface area contributed by atoms with E-state index in [-0.39, 0.29) is 0 Å². The molecule has 56 heavy (non-hydrogen) atoms. The van der Waals surface area contributed by atoms with Crippen molar-refractivity contribution in [2.24, 2.45) is 0 Å². The maximum absolute atomic E-state index is 14.4. The Morgan fingerprint density at radius 3 is 1.34 bits per heavy atom. The lowest BCUT2D eigenvalue weighted by Crippen LogP contribution is -2.23. The molecule has 0 spiro atoms. The van der Waals surface area contributed by atoms with E-state index < -0.39 is 11.6 Å². The lowest BCUT2D eigenvalue weighted by atomic mass is 9.82. The van der Waals surface area contributed by atoms with Crippen LogP contribution in [0.2, 0.25) is 0 Å². The van der Waals surface area contributed by atoms with Gasteiger partial charge in [-0.15, -0.1) is 0 Å². The fraction of sp³-hybridized carbons (Fsp3) is 0.271. The summed E-state index contributed by atoms with van der Waals surface area (Å²) in [5, 5.41) is 0. The van der Waals surface area contributed by atoms with Gasteiger partial charge in [-0.25, -0.2) is 4.79 Å². The minimum Gasteiger partial charge on any atom is -0.442 e. The second-order valence-electron chi connectivity index (χ2n) is 15.4. The molecule has 3 aliphatic rings. The maximum Gasteiger partial charge on any atom is 0.341 e. The first-order valence-electron chi connectivity index (χ1n) is 19.4. The number of carbonyl (C=O) groups is 1. The Morgan fingerprint density at radius 1 is 0.536 bits per heavy atom. The molecule has 286 valence electrons. The van der Waals surface area contributed by atoms with Crippen molar-refractivity contribution in [1.82, 2.24) is 0 Å². The molecule has 3 heterocycles. The average molecular weight is 1000 g/mol. The highest BCUT2D eigenvalue weighted by atomic mass is 79.9. The van der Waals surface area contributed by atoms with E-state index in [2.05, 4.69) is 198 Å². The second kappa shape index (κ2) is 16.1. The van der Waals surface area contributed by atoms with E-state index in [1.54, 1.807) is 0 Å². The molecule has 4 nitrogen and oxygen atoms in total. The number of hydrogen-bond donors (Lipinski definition) is 0. The Bertz CT molecular complexity index is 2280. The van der Waals surface area contributed by atoms with Gasteiger partial charge in [-0.2, -0.15) is 0 Å². The van der Waals surface area contributed by atoms with Crippen molar-refractivity contribution >= 4 is 92.2 Å². The first-order chi connectivity index (χ1) is 26.9. The van der Waals surface area contributed by atoms with Gasteiger partial charge >= 0.3 is 5.97 Å². The van der Waals surface area contributed by atoms with Crippen molar-refractivity contribution in [3.63, 3.8) is 0 Å². The van der Waals surface area contributed by atoms with Gasteiger partial charge in [-0.3, -0.25) is 0 Å². The molecule has 0 unspecified atom stereocenters. The lowest BCUT2D eigenvalue weighted by molar-refractivity contribution is 0.0298. The highest BCUT2D eigenvalue weighted by Crippen LogP contribution is 2.54. The number of aryl methyl sites for hydroxylation is 4. The van der Waals surface area contributed by atoms with Gasteiger partial charge in [0.2, 0.25) is 0 Å². The summed E-state index contributed by atoms with van der Waals surface area (Å²) in [4.78, 5) is 19.3. The van der Waals surface area contributed by atoms with E-state index in [0.717, 1.165) is 78.6 Å². The summed E-state index contributed by atoms with van der Waals surface area (Å²) in [6.45, 7) is 12.9. The third-order valence-corrected chi connectivity index (χ3v) is 16.5. The smallest absolute Gasteiger partial charge is 0.341 e. The molecule has 8 rings (SSSR count). The minimum atomic E-state index is -1.33. The number of esters is 1. The van der Waals surface area contributed by atoms with Crippen LogP contribution in [0.25, 0.3) is 11.1 Å². The Labute approximate surface area is 364 Å². The van der Waals surface area contributed by atoms with Crippen molar-refractivity contribution in [2.45, 2.75) is 59.0 Å². The maximum atomic E-state index is 14.4. The van der Waals surface area contributed by atoms with Gasteiger partial charge in [0.1, 0.15) is 0 Å². The first-order valence-corrected chi connectivity index (χ1v) is 22.5. The molecule has 0 aromatic heterocycles. The summed E-state index contributed by atoms with van der Waals surface area (Å²) in [6.07, 6.45) is 9.21. The lowest BCUT2D eigenvalue weighted by Gasteiger charge is -2.28. The number of cyclic esters (lactones) is 1. The zero-order valence-corrected chi connectivity index (χ0v) is 38.5. The van der Waals surface area contributed by atoms with Gasteiger partial charge in [0, 0.05) is 61.0 Å². The quantitative estimate of drug-likeness (QED) is 0.0881. The highest BCUT2D eigenvalue weighted by molar-refractivity contribution is 9.15. The minimum absolute atomic E-state index is 0.402. The molecule has 0 aliphatic carbocycles. The molecular formula is C48H44Br4N2O2. The summed E-state index contributed by atoms with van der Waals surface area (Å²) >= 11 is 15.3. The molecule has 0 bridgehead atoms. The number of anilines is 2. The molecule has 2 saturated heterocycles. The molecular weight excluding hydrogens is 956 g/mol.